The lowest BCUT2D eigenvalue weighted by Gasteiger charge is -2.21. The largest absolute Gasteiger partial charge is 0.480 e. The third-order valence-corrected chi connectivity index (χ3v) is 6.24. The van der Waals surface area contributed by atoms with Crippen molar-refractivity contribution in [3.05, 3.63) is 83.4 Å². The van der Waals surface area contributed by atoms with Crippen LogP contribution in [-0.2, 0) is 9.59 Å². The van der Waals surface area contributed by atoms with Gasteiger partial charge in [0, 0.05) is 11.4 Å². The molecule has 0 aromatic heterocycles. The van der Waals surface area contributed by atoms with Crippen molar-refractivity contribution in [2.75, 3.05) is 10.6 Å². The van der Waals surface area contributed by atoms with Gasteiger partial charge in [-0.3, -0.25) is 9.59 Å². The van der Waals surface area contributed by atoms with E-state index in [9.17, 15) is 9.59 Å². The molecule has 0 aliphatic heterocycles. The number of para-hydroxylation sites is 2. The molecule has 0 aliphatic rings. The molecule has 7 heteroatoms. The standard InChI is InChI=1S/C29H33ClN2O4/c1-5-19(3)23-11-7-9-13-26(23)36-25(6-2)29(34)32-22-17-15-21(16-18-22)31-28(33)20(4)35-27-14-10-8-12-24(27)30/h7-20,25H,5-6H2,1-4H3,(H,31,33)(H,32,34). The summed E-state index contributed by atoms with van der Waals surface area (Å²) in [6, 6.07) is 21.7. The molecule has 0 spiro atoms. The fourth-order valence-electron chi connectivity index (χ4n) is 3.58. The average molecular weight is 509 g/mol. The molecular formula is C29H33ClN2O4. The van der Waals surface area contributed by atoms with Gasteiger partial charge >= 0.3 is 0 Å². The monoisotopic (exact) mass is 508 g/mol. The number of carbonyl (C=O) groups excluding carboxylic acids is 2. The number of halogens is 1. The maximum absolute atomic E-state index is 12.9. The zero-order valence-electron chi connectivity index (χ0n) is 21.1. The van der Waals surface area contributed by atoms with Gasteiger partial charge in [0.05, 0.1) is 5.02 Å². The van der Waals surface area contributed by atoms with Gasteiger partial charge in [-0.15, -0.1) is 0 Å². The average Bonchev–Trinajstić information content (AvgIpc) is 2.89. The summed E-state index contributed by atoms with van der Waals surface area (Å²) >= 11 is 6.10. The van der Waals surface area contributed by atoms with Crippen LogP contribution in [0.15, 0.2) is 72.8 Å². The highest BCUT2D eigenvalue weighted by molar-refractivity contribution is 6.32. The lowest BCUT2D eigenvalue weighted by atomic mass is 9.98. The van der Waals surface area contributed by atoms with Crippen LogP contribution in [-0.4, -0.2) is 24.0 Å². The van der Waals surface area contributed by atoms with Crippen LogP contribution in [0.25, 0.3) is 0 Å². The molecule has 2 amide bonds. The molecule has 3 aromatic rings. The van der Waals surface area contributed by atoms with Crippen LogP contribution in [0.4, 0.5) is 11.4 Å². The lowest BCUT2D eigenvalue weighted by Crippen LogP contribution is -2.32. The Morgan fingerprint density at radius 1 is 0.750 bits per heavy atom. The maximum Gasteiger partial charge on any atom is 0.265 e. The molecule has 6 nitrogen and oxygen atoms in total. The minimum atomic E-state index is -0.745. The third-order valence-electron chi connectivity index (χ3n) is 5.92. The van der Waals surface area contributed by atoms with E-state index in [1.54, 1.807) is 55.5 Å². The second kappa shape index (κ2) is 13.0. The van der Waals surface area contributed by atoms with E-state index in [2.05, 4.69) is 24.5 Å². The van der Waals surface area contributed by atoms with Crippen molar-refractivity contribution in [1.29, 1.82) is 0 Å². The summed E-state index contributed by atoms with van der Waals surface area (Å²) in [6.45, 7) is 7.84. The fourth-order valence-corrected chi connectivity index (χ4v) is 3.76. The predicted molar refractivity (Wildman–Crippen MR) is 145 cm³/mol. The highest BCUT2D eigenvalue weighted by Crippen LogP contribution is 2.30. The first kappa shape index (κ1) is 27.1. The normalized spacial score (nSPS) is 13.2. The molecule has 0 saturated heterocycles. The zero-order valence-corrected chi connectivity index (χ0v) is 21.8. The minimum Gasteiger partial charge on any atom is -0.480 e. The third kappa shape index (κ3) is 7.25. The summed E-state index contributed by atoms with van der Waals surface area (Å²) in [5.41, 5.74) is 2.29. The predicted octanol–water partition coefficient (Wildman–Crippen LogP) is 7.06. The topological polar surface area (TPSA) is 76.7 Å². The molecule has 190 valence electrons. The summed E-state index contributed by atoms with van der Waals surface area (Å²) < 4.78 is 11.8. The van der Waals surface area contributed by atoms with Crippen molar-refractivity contribution in [3.8, 4) is 11.5 Å². The van der Waals surface area contributed by atoms with E-state index in [1.807, 2.05) is 31.2 Å². The van der Waals surface area contributed by atoms with Crippen LogP contribution in [0, 0.1) is 0 Å². The highest BCUT2D eigenvalue weighted by atomic mass is 35.5. The molecule has 2 N–H and O–H groups in total. The Morgan fingerprint density at radius 2 is 1.31 bits per heavy atom. The Kier molecular flexibility index (Phi) is 9.77. The van der Waals surface area contributed by atoms with Crippen molar-refractivity contribution in [2.24, 2.45) is 0 Å². The van der Waals surface area contributed by atoms with Crippen molar-refractivity contribution < 1.29 is 19.1 Å². The second-order valence-electron chi connectivity index (χ2n) is 8.61. The van der Waals surface area contributed by atoms with Gasteiger partial charge in [-0.2, -0.15) is 0 Å². The number of hydrogen-bond donors (Lipinski definition) is 2. The molecule has 36 heavy (non-hydrogen) atoms. The van der Waals surface area contributed by atoms with Crippen molar-refractivity contribution in [2.45, 2.75) is 58.7 Å². The number of amides is 2. The van der Waals surface area contributed by atoms with E-state index in [1.165, 1.54) is 0 Å². The first-order valence-electron chi connectivity index (χ1n) is 12.2. The zero-order chi connectivity index (χ0) is 26.1. The van der Waals surface area contributed by atoms with Gasteiger partial charge < -0.3 is 20.1 Å². The first-order valence-corrected chi connectivity index (χ1v) is 12.6. The van der Waals surface area contributed by atoms with E-state index in [0.29, 0.717) is 34.5 Å². The Bertz CT molecular complexity index is 1170. The molecule has 0 bridgehead atoms. The van der Waals surface area contributed by atoms with Crippen molar-refractivity contribution >= 4 is 34.8 Å². The number of carbonyl (C=O) groups is 2. The minimum absolute atomic E-state index is 0.227. The van der Waals surface area contributed by atoms with Crippen LogP contribution in [0.2, 0.25) is 5.02 Å². The second-order valence-corrected chi connectivity index (χ2v) is 9.02. The van der Waals surface area contributed by atoms with Crippen LogP contribution in [0.1, 0.15) is 52.0 Å². The summed E-state index contributed by atoms with van der Waals surface area (Å²) in [5, 5.41) is 6.15. The molecule has 0 saturated carbocycles. The maximum atomic E-state index is 12.9. The van der Waals surface area contributed by atoms with E-state index in [-0.39, 0.29) is 11.8 Å². The van der Waals surface area contributed by atoms with Gasteiger partial charge in [0.2, 0.25) is 0 Å². The molecule has 3 atom stereocenters. The van der Waals surface area contributed by atoms with Crippen molar-refractivity contribution in [1.82, 2.24) is 0 Å². The van der Waals surface area contributed by atoms with Crippen LogP contribution in [0.5, 0.6) is 11.5 Å². The number of hydrogen-bond acceptors (Lipinski definition) is 4. The van der Waals surface area contributed by atoms with Crippen LogP contribution in [0.3, 0.4) is 0 Å². The van der Waals surface area contributed by atoms with Gasteiger partial charge in [-0.05, 0) is 73.7 Å². The molecule has 0 radical (unpaired) electrons. The number of nitrogens with one attached hydrogen (secondary N) is 2. The number of rotatable bonds is 11. The summed E-state index contributed by atoms with van der Waals surface area (Å²) in [6.07, 6.45) is 0.136. The SMILES string of the molecule is CCC(Oc1ccccc1C(C)CC)C(=O)Nc1ccc(NC(=O)C(C)Oc2ccccc2Cl)cc1. The smallest absolute Gasteiger partial charge is 0.265 e. The molecule has 0 aliphatic carbocycles. The number of anilines is 2. The molecular weight excluding hydrogens is 476 g/mol. The van der Waals surface area contributed by atoms with Gasteiger partial charge in [-0.1, -0.05) is 62.7 Å². The lowest BCUT2D eigenvalue weighted by molar-refractivity contribution is -0.123. The number of benzene rings is 3. The first-order chi connectivity index (χ1) is 17.3. The van der Waals surface area contributed by atoms with E-state index in [4.69, 9.17) is 21.1 Å². The number of ether oxygens (including phenoxy) is 2. The fraction of sp³-hybridized carbons (Fsp3) is 0.310. The van der Waals surface area contributed by atoms with E-state index < -0.39 is 12.2 Å². The Morgan fingerprint density at radius 3 is 1.89 bits per heavy atom. The Hall–Kier alpha value is -3.51. The highest BCUT2D eigenvalue weighted by Gasteiger charge is 2.21. The van der Waals surface area contributed by atoms with Gasteiger partial charge in [0.25, 0.3) is 11.8 Å². The molecule has 3 unspecified atom stereocenters. The van der Waals surface area contributed by atoms with Crippen molar-refractivity contribution in [3.63, 3.8) is 0 Å². The summed E-state index contributed by atoms with van der Waals surface area (Å²) in [7, 11) is 0. The molecule has 3 rings (SSSR count). The van der Waals surface area contributed by atoms with Gasteiger partial charge in [0.1, 0.15) is 11.5 Å². The Balaban J connectivity index is 1.58. The van der Waals surface area contributed by atoms with Crippen LogP contribution >= 0.6 is 11.6 Å². The van der Waals surface area contributed by atoms with E-state index >= 15 is 0 Å². The molecule has 3 aromatic carbocycles. The molecule has 0 heterocycles. The van der Waals surface area contributed by atoms with E-state index in [0.717, 1.165) is 17.7 Å². The van der Waals surface area contributed by atoms with Gasteiger partial charge in [0.15, 0.2) is 12.2 Å². The quantitative estimate of drug-likeness (QED) is 0.291. The van der Waals surface area contributed by atoms with Gasteiger partial charge in [-0.25, -0.2) is 0 Å². The molecule has 0 fully saturated rings. The summed E-state index contributed by atoms with van der Waals surface area (Å²) in [4.78, 5) is 25.4. The summed E-state index contributed by atoms with van der Waals surface area (Å²) in [5.74, 6) is 0.975. The van der Waals surface area contributed by atoms with Crippen LogP contribution < -0.4 is 20.1 Å². The Labute approximate surface area is 218 Å².